The normalized spacial score (nSPS) is 11.1. The highest BCUT2D eigenvalue weighted by molar-refractivity contribution is 6.31. The van der Waals surface area contributed by atoms with Gasteiger partial charge in [0.1, 0.15) is 23.3 Å². The number of benzene rings is 2. The van der Waals surface area contributed by atoms with Crippen LogP contribution in [0.4, 0.5) is 13.2 Å². The Hall–Kier alpha value is -3.19. The van der Waals surface area contributed by atoms with Crippen molar-refractivity contribution < 1.29 is 13.2 Å². The van der Waals surface area contributed by atoms with Crippen LogP contribution in [0.1, 0.15) is 11.4 Å². The maximum Gasteiger partial charge on any atom is 0.258 e. The molecule has 0 amide bonds. The molecule has 0 atom stereocenters. The number of hydrogen-bond donors (Lipinski definition) is 1. The van der Waals surface area contributed by atoms with Crippen molar-refractivity contribution in [2.24, 2.45) is 0 Å². The molecule has 4 aromatic rings. The third-order valence-electron chi connectivity index (χ3n) is 4.15. The number of fused-ring (bicyclic) bond motifs is 1. The van der Waals surface area contributed by atoms with E-state index in [0.717, 1.165) is 12.1 Å². The number of nitrogens with one attached hydrogen (secondary N) is 1. The minimum absolute atomic E-state index is 0.152. The lowest BCUT2D eigenvalue weighted by Crippen LogP contribution is -2.12. The first-order valence-corrected chi connectivity index (χ1v) is 8.56. The van der Waals surface area contributed by atoms with Crippen LogP contribution in [-0.2, 0) is 6.42 Å². The molecular formula is C20H11ClF3N3O. The molecule has 0 fully saturated rings. The third-order valence-corrected chi connectivity index (χ3v) is 4.44. The van der Waals surface area contributed by atoms with Gasteiger partial charge in [0.2, 0.25) is 0 Å². The second-order valence-corrected chi connectivity index (χ2v) is 6.59. The molecule has 2 aromatic carbocycles. The highest BCUT2D eigenvalue weighted by Crippen LogP contribution is 2.21. The Balaban J connectivity index is 1.64. The zero-order valence-electron chi connectivity index (χ0n) is 14.1. The van der Waals surface area contributed by atoms with E-state index in [9.17, 15) is 18.0 Å². The Bertz CT molecular complexity index is 1240. The molecule has 140 valence electrons. The van der Waals surface area contributed by atoms with Gasteiger partial charge in [-0.1, -0.05) is 17.7 Å². The van der Waals surface area contributed by atoms with Crippen LogP contribution in [0.5, 0.6) is 0 Å². The lowest BCUT2D eigenvalue weighted by atomic mass is 10.1. The molecule has 0 spiro atoms. The molecule has 8 heteroatoms. The molecule has 1 N–H and O–H groups in total. The minimum atomic E-state index is -0.689. The van der Waals surface area contributed by atoms with Crippen LogP contribution in [0, 0.1) is 17.5 Å². The van der Waals surface area contributed by atoms with Gasteiger partial charge < -0.3 is 4.98 Å². The smallest absolute Gasteiger partial charge is 0.258 e. The summed E-state index contributed by atoms with van der Waals surface area (Å²) in [5, 5.41) is 0.0397. The van der Waals surface area contributed by atoms with Crippen molar-refractivity contribution in [3.05, 3.63) is 92.9 Å². The van der Waals surface area contributed by atoms with Crippen molar-refractivity contribution in [2.75, 3.05) is 0 Å². The number of aromatic amines is 1. The van der Waals surface area contributed by atoms with E-state index >= 15 is 0 Å². The van der Waals surface area contributed by atoms with Crippen molar-refractivity contribution in [2.45, 2.75) is 6.42 Å². The molecule has 0 unspecified atom stereocenters. The van der Waals surface area contributed by atoms with E-state index in [0.29, 0.717) is 22.6 Å². The van der Waals surface area contributed by atoms with E-state index in [1.54, 1.807) is 12.1 Å². The molecule has 4 rings (SSSR count). The number of hydrogen-bond acceptors (Lipinski definition) is 3. The van der Waals surface area contributed by atoms with Crippen LogP contribution in [0.15, 0.2) is 53.5 Å². The highest BCUT2D eigenvalue weighted by Gasteiger charge is 2.10. The van der Waals surface area contributed by atoms with Gasteiger partial charge in [-0.25, -0.2) is 18.2 Å². The Morgan fingerprint density at radius 3 is 2.43 bits per heavy atom. The summed E-state index contributed by atoms with van der Waals surface area (Å²) in [6.07, 6.45) is 1.75. The molecule has 0 saturated carbocycles. The van der Waals surface area contributed by atoms with E-state index in [-0.39, 0.29) is 22.3 Å². The van der Waals surface area contributed by atoms with Gasteiger partial charge in [0.15, 0.2) is 0 Å². The topological polar surface area (TPSA) is 58.6 Å². The number of pyridine rings is 1. The van der Waals surface area contributed by atoms with E-state index in [2.05, 4.69) is 15.0 Å². The summed E-state index contributed by atoms with van der Waals surface area (Å²) in [5.74, 6) is -1.71. The van der Waals surface area contributed by atoms with Crippen molar-refractivity contribution in [3.8, 4) is 11.3 Å². The molecule has 0 aliphatic heterocycles. The SMILES string of the molecule is O=c1[nH]c(Cc2ccc(-c3cc(F)cc(F)c3)nc2)nc2cc(F)c(Cl)cc12. The lowest BCUT2D eigenvalue weighted by molar-refractivity contribution is 0.584. The summed E-state index contributed by atoms with van der Waals surface area (Å²) in [7, 11) is 0. The number of nitrogens with zero attached hydrogens (tertiary/aromatic N) is 2. The van der Waals surface area contributed by atoms with Crippen molar-refractivity contribution in [1.82, 2.24) is 15.0 Å². The van der Waals surface area contributed by atoms with Crippen LogP contribution in [0.25, 0.3) is 22.2 Å². The van der Waals surface area contributed by atoms with Crippen molar-refractivity contribution in [1.29, 1.82) is 0 Å². The molecule has 28 heavy (non-hydrogen) atoms. The molecule has 0 aliphatic rings. The monoisotopic (exact) mass is 401 g/mol. The fraction of sp³-hybridized carbons (Fsp3) is 0.0500. The number of halogens is 4. The van der Waals surface area contributed by atoms with Gasteiger partial charge in [-0.3, -0.25) is 9.78 Å². The lowest BCUT2D eigenvalue weighted by Gasteiger charge is -2.06. The molecular weight excluding hydrogens is 391 g/mol. The number of aromatic nitrogens is 3. The predicted molar refractivity (Wildman–Crippen MR) is 99.7 cm³/mol. The highest BCUT2D eigenvalue weighted by atomic mass is 35.5. The molecule has 2 heterocycles. The molecule has 4 nitrogen and oxygen atoms in total. The van der Waals surface area contributed by atoms with Gasteiger partial charge in [-0.15, -0.1) is 0 Å². The first-order chi connectivity index (χ1) is 13.4. The fourth-order valence-corrected chi connectivity index (χ4v) is 3.02. The average molecular weight is 402 g/mol. The van der Waals surface area contributed by atoms with Gasteiger partial charge in [-0.2, -0.15) is 0 Å². The van der Waals surface area contributed by atoms with E-state index in [1.165, 1.54) is 24.4 Å². The first kappa shape index (κ1) is 18.2. The predicted octanol–water partition coefficient (Wildman–Crippen LogP) is 4.65. The quantitative estimate of drug-likeness (QED) is 0.543. The van der Waals surface area contributed by atoms with Crippen molar-refractivity contribution >= 4 is 22.5 Å². The van der Waals surface area contributed by atoms with E-state index in [4.69, 9.17) is 11.6 Å². The Morgan fingerprint density at radius 1 is 1.00 bits per heavy atom. The Kier molecular flexibility index (Phi) is 4.60. The summed E-state index contributed by atoms with van der Waals surface area (Å²) < 4.78 is 40.4. The zero-order chi connectivity index (χ0) is 19.8. The van der Waals surface area contributed by atoms with Gasteiger partial charge in [0.25, 0.3) is 5.56 Å². The summed E-state index contributed by atoms with van der Waals surface area (Å²) in [6.45, 7) is 0. The van der Waals surface area contributed by atoms with Crippen LogP contribution in [0.2, 0.25) is 5.02 Å². The van der Waals surface area contributed by atoms with E-state index in [1.807, 2.05) is 0 Å². The average Bonchev–Trinajstić information content (AvgIpc) is 2.63. The molecule has 0 aliphatic carbocycles. The Morgan fingerprint density at radius 2 is 1.75 bits per heavy atom. The van der Waals surface area contributed by atoms with Crippen LogP contribution in [-0.4, -0.2) is 15.0 Å². The second kappa shape index (κ2) is 7.09. The summed E-state index contributed by atoms with van der Waals surface area (Å²) in [5.41, 5.74) is 1.19. The zero-order valence-corrected chi connectivity index (χ0v) is 14.9. The maximum atomic E-state index is 13.7. The van der Waals surface area contributed by atoms with Gasteiger partial charge in [0.05, 0.1) is 21.6 Å². The molecule has 2 aromatic heterocycles. The summed E-state index contributed by atoms with van der Waals surface area (Å²) in [6, 6.07) is 8.82. The Labute approximate surface area is 161 Å². The van der Waals surface area contributed by atoms with Crippen LogP contribution < -0.4 is 5.56 Å². The second-order valence-electron chi connectivity index (χ2n) is 6.18. The van der Waals surface area contributed by atoms with Gasteiger partial charge >= 0.3 is 0 Å². The standard InChI is InChI=1S/C20H11ClF3N3O/c21-15-7-14-18(8-16(15)24)26-19(27-20(14)28)3-10-1-2-17(25-9-10)11-4-12(22)6-13(23)5-11/h1-2,4-9H,3H2,(H,26,27,28). The van der Waals surface area contributed by atoms with Crippen molar-refractivity contribution in [3.63, 3.8) is 0 Å². The number of H-pyrrole nitrogens is 1. The third kappa shape index (κ3) is 3.61. The largest absolute Gasteiger partial charge is 0.310 e. The fourth-order valence-electron chi connectivity index (χ4n) is 2.86. The van der Waals surface area contributed by atoms with Gasteiger partial charge in [-0.05, 0) is 29.8 Å². The summed E-state index contributed by atoms with van der Waals surface area (Å²) >= 11 is 5.70. The maximum absolute atomic E-state index is 13.7. The van der Waals surface area contributed by atoms with Crippen LogP contribution in [0.3, 0.4) is 0 Å². The minimum Gasteiger partial charge on any atom is -0.310 e. The first-order valence-electron chi connectivity index (χ1n) is 8.18. The summed E-state index contributed by atoms with van der Waals surface area (Å²) in [4.78, 5) is 23.3. The molecule has 0 bridgehead atoms. The van der Waals surface area contributed by atoms with Gasteiger partial charge in [0, 0.05) is 30.3 Å². The van der Waals surface area contributed by atoms with Crippen LogP contribution >= 0.6 is 11.6 Å². The van der Waals surface area contributed by atoms with E-state index < -0.39 is 23.0 Å². The molecule has 0 saturated heterocycles. The molecule has 0 radical (unpaired) electrons. The number of rotatable bonds is 3.